The summed E-state index contributed by atoms with van der Waals surface area (Å²) in [6.07, 6.45) is 2.25. The molecule has 0 radical (unpaired) electrons. The number of nitrogens with one attached hydrogen (secondary N) is 1. The predicted octanol–water partition coefficient (Wildman–Crippen LogP) is 4.02. The van der Waals surface area contributed by atoms with Gasteiger partial charge in [-0.3, -0.25) is 0 Å². The van der Waals surface area contributed by atoms with Gasteiger partial charge in [0.1, 0.15) is 0 Å². The van der Waals surface area contributed by atoms with Crippen molar-refractivity contribution in [3.8, 4) is 0 Å². The quantitative estimate of drug-likeness (QED) is 0.889. The Balaban J connectivity index is 1.81. The van der Waals surface area contributed by atoms with Crippen LogP contribution in [0, 0.1) is 5.92 Å². The lowest BCUT2D eigenvalue weighted by Gasteiger charge is -2.20. The molecule has 0 saturated heterocycles. The minimum Gasteiger partial charge on any atom is -0.313 e. The third kappa shape index (κ3) is 2.54. The van der Waals surface area contributed by atoms with Gasteiger partial charge in [0.2, 0.25) is 0 Å². The van der Waals surface area contributed by atoms with E-state index in [0.29, 0.717) is 12.0 Å². The average molecular weight is 272 g/mol. The van der Waals surface area contributed by atoms with Crippen LogP contribution in [0.5, 0.6) is 0 Å². The molecule has 0 aliphatic heterocycles. The molecular formula is C17H18ClN. The Morgan fingerprint density at radius 3 is 2.58 bits per heavy atom. The number of rotatable bonds is 3. The summed E-state index contributed by atoms with van der Waals surface area (Å²) in [5.74, 6) is 0.628. The van der Waals surface area contributed by atoms with E-state index in [0.717, 1.165) is 17.9 Å². The van der Waals surface area contributed by atoms with Crippen LogP contribution in [0.15, 0.2) is 48.5 Å². The summed E-state index contributed by atoms with van der Waals surface area (Å²) >= 11 is 5.94. The van der Waals surface area contributed by atoms with E-state index in [1.807, 2.05) is 12.1 Å². The molecule has 2 heteroatoms. The lowest BCUT2D eigenvalue weighted by atomic mass is 9.93. The highest BCUT2D eigenvalue weighted by Crippen LogP contribution is 2.37. The molecule has 1 nitrogen and oxygen atoms in total. The van der Waals surface area contributed by atoms with E-state index in [-0.39, 0.29) is 0 Å². The van der Waals surface area contributed by atoms with Crippen molar-refractivity contribution in [3.05, 3.63) is 70.2 Å². The normalized spacial score (nSPS) is 21.4. The van der Waals surface area contributed by atoms with Gasteiger partial charge < -0.3 is 5.32 Å². The third-order valence-electron chi connectivity index (χ3n) is 4.07. The van der Waals surface area contributed by atoms with E-state index in [2.05, 4.69) is 48.8 Å². The second kappa shape index (κ2) is 5.36. The minimum absolute atomic E-state index is 0.465. The highest BCUT2D eigenvalue weighted by atomic mass is 35.5. The van der Waals surface area contributed by atoms with Crippen molar-refractivity contribution in [2.75, 3.05) is 7.05 Å². The number of halogens is 1. The average Bonchev–Trinajstić information content (AvgIpc) is 2.78. The van der Waals surface area contributed by atoms with Crippen LogP contribution in [0.3, 0.4) is 0 Å². The maximum atomic E-state index is 5.94. The van der Waals surface area contributed by atoms with Gasteiger partial charge in [-0.25, -0.2) is 0 Å². The summed E-state index contributed by atoms with van der Waals surface area (Å²) in [5.41, 5.74) is 4.31. The number of hydrogen-bond acceptors (Lipinski definition) is 1. The molecule has 2 aromatic rings. The number of benzene rings is 2. The molecule has 0 heterocycles. The molecule has 1 aliphatic carbocycles. The number of fused-ring (bicyclic) bond motifs is 1. The van der Waals surface area contributed by atoms with Gasteiger partial charge in [-0.1, -0.05) is 48.0 Å². The van der Waals surface area contributed by atoms with Crippen LogP contribution >= 0.6 is 11.6 Å². The van der Waals surface area contributed by atoms with Crippen LogP contribution in [-0.4, -0.2) is 7.05 Å². The molecule has 0 spiro atoms. The smallest absolute Gasteiger partial charge is 0.0406 e. The zero-order valence-electron chi connectivity index (χ0n) is 11.1. The fourth-order valence-electron chi connectivity index (χ4n) is 3.18. The third-order valence-corrected chi connectivity index (χ3v) is 4.32. The molecule has 1 aliphatic rings. The largest absolute Gasteiger partial charge is 0.313 e. The highest BCUT2D eigenvalue weighted by Gasteiger charge is 2.30. The molecule has 2 aromatic carbocycles. The summed E-state index contributed by atoms with van der Waals surface area (Å²) in [6, 6.07) is 17.5. The van der Waals surface area contributed by atoms with Gasteiger partial charge in [0.05, 0.1) is 0 Å². The van der Waals surface area contributed by atoms with Crippen molar-refractivity contribution < 1.29 is 0 Å². The Morgan fingerprint density at radius 2 is 1.84 bits per heavy atom. The Labute approximate surface area is 119 Å². The molecule has 1 N–H and O–H groups in total. The molecule has 98 valence electrons. The van der Waals surface area contributed by atoms with Crippen LogP contribution < -0.4 is 5.32 Å². The van der Waals surface area contributed by atoms with Gasteiger partial charge in [0.15, 0.2) is 0 Å². The van der Waals surface area contributed by atoms with Crippen molar-refractivity contribution in [2.24, 2.45) is 5.92 Å². The molecule has 19 heavy (non-hydrogen) atoms. The van der Waals surface area contributed by atoms with Crippen LogP contribution in [0.2, 0.25) is 5.02 Å². The van der Waals surface area contributed by atoms with Gasteiger partial charge >= 0.3 is 0 Å². The summed E-state index contributed by atoms with van der Waals surface area (Å²) in [5, 5.41) is 4.28. The van der Waals surface area contributed by atoms with E-state index in [1.54, 1.807) is 0 Å². The second-order valence-corrected chi connectivity index (χ2v) is 5.70. The van der Waals surface area contributed by atoms with E-state index in [1.165, 1.54) is 16.7 Å². The molecular weight excluding hydrogens is 254 g/mol. The van der Waals surface area contributed by atoms with Gasteiger partial charge in [-0.15, -0.1) is 0 Å². The highest BCUT2D eigenvalue weighted by molar-refractivity contribution is 6.30. The first-order chi connectivity index (χ1) is 9.28. The molecule has 0 saturated carbocycles. The molecule has 3 rings (SSSR count). The lowest BCUT2D eigenvalue weighted by Crippen LogP contribution is -2.23. The van der Waals surface area contributed by atoms with Crippen LogP contribution in [0.1, 0.15) is 22.7 Å². The summed E-state index contributed by atoms with van der Waals surface area (Å²) < 4.78 is 0. The van der Waals surface area contributed by atoms with Gasteiger partial charge in [0.25, 0.3) is 0 Å². The first-order valence-corrected chi connectivity index (χ1v) is 7.15. The van der Waals surface area contributed by atoms with Crippen molar-refractivity contribution >= 4 is 11.6 Å². The molecule has 0 fully saturated rings. The molecule has 0 aromatic heterocycles. The minimum atomic E-state index is 0.465. The Morgan fingerprint density at radius 1 is 1.11 bits per heavy atom. The first kappa shape index (κ1) is 12.7. The van der Waals surface area contributed by atoms with E-state index < -0.39 is 0 Å². The monoisotopic (exact) mass is 271 g/mol. The summed E-state index contributed by atoms with van der Waals surface area (Å²) in [4.78, 5) is 0. The summed E-state index contributed by atoms with van der Waals surface area (Å²) in [7, 11) is 2.06. The SMILES string of the molecule is CNC1c2ccccc2CC1Cc1ccc(Cl)cc1. The molecule has 0 amide bonds. The van der Waals surface area contributed by atoms with Crippen LogP contribution in [-0.2, 0) is 12.8 Å². The molecule has 2 atom stereocenters. The van der Waals surface area contributed by atoms with Crippen molar-refractivity contribution in [2.45, 2.75) is 18.9 Å². The van der Waals surface area contributed by atoms with Crippen molar-refractivity contribution in [1.82, 2.24) is 5.32 Å². The van der Waals surface area contributed by atoms with E-state index in [9.17, 15) is 0 Å². The maximum Gasteiger partial charge on any atom is 0.0406 e. The van der Waals surface area contributed by atoms with Crippen molar-refractivity contribution in [1.29, 1.82) is 0 Å². The number of hydrogen-bond donors (Lipinski definition) is 1. The fraction of sp³-hybridized carbons (Fsp3) is 0.294. The van der Waals surface area contributed by atoms with Gasteiger partial charge in [-0.2, -0.15) is 0 Å². The topological polar surface area (TPSA) is 12.0 Å². The molecule has 0 bridgehead atoms. The standard InChI is InChI=1S/C17H18ClN/c1-19-17-14(10-12-6-8-15(18)9-7-12)11-13-4-2-3-5-16(13)17/h2-9,14,17,19H,10-11H2,1H3. The zero-order chi connectivity index (χ0) is 13.2. The fourth-order valence-corrected chi connectivity index (χ4v) is 3.31. The van der Waals surface area contributed by atoms with E-state index in [4.69, 9.17) is 11.6 Å². The van der Waals surface area contributed by atoms with Crippen LogP contribution in [0.25, 0.3) is 0 Å². The second-order valence-electron chi connectivity index (χ2n) is 5.26. The van der Waals surface area contributed by atoms with E-state index >= 15 is 0 Å². The lowest BCUT2D eigenvalue weighted by molar-refractivity contribution is 0.410. The Bertz CT molecular complexity index is 562. The Hall–Kier alpha value is -1.31. The van der Waals surface area contributed by atoms with Crippen molar-refractivity contribution in [3.63, 3.8) is 0 Å². The van der Waals surface area contributed by atoms with Gasteiger partial charge in [0, 0.05) is 11.1 Å². The summed E-state index contributed by atoms with van der Waals surface area (Å²) in [6.45, 7) is 0. The zero-order valence-corrected chi connectivity index (χ0v) is 11.8. The molecule has 2 unspecified atom stereocenters. The van der Waals surface area contributed by atoms with Crippen LogP contribution in [0.4, 0.5) is 0 Å². The predicted molar refractivity (Wildman–Crippen MR) is 80.6 cm³/mol. The maximum absolute atomic E-state index is 5.94. The first-order valence-electron chi connectivity index (χ1n) is 6.77. The Kier molecular flexibility index (Phi) is 3.58. The van der Waals surface area contributed by atoms with Gasteiger partial charge in [-0.05, 0) is 54.6 Å².